The Morgan fingerprint density at radius 3 is 2.82 bits per heavy atom. The molecule has 8 nitrogen and oxygen atoms in total. The summed E-state index contributed by atoms with van der Waals surface area (Å²) in [6, 6.07) is 8.18. The topological polar surface area (TPSA) is 84.8 Å². The highest BCUT2D eigenvalue weighted by Crippen LogP contribution is 2.38. The number of aromatic nitrogens is 6. The van der Waals surface area contributed by atoms with Crippen LogP contribution in [0.25, 0.3) is 16.7 Å². The van der Waals surface area contributed by atoms with Crippen LogP contribution >= 0.6 is 0 Å². The number of fused-ring (bicyclic) bond motifs is 1. The SMILES string of the molecule is COc1ccc2nc([C@@H]3CCCN3c3cc(C)ncc3-n3nccn3)[nH]c2c1. The minimum absolute atomic E-state index is 0.162. The molecule has 142 valence electrons. The van der Waals surface area contributed by atoms with Crippen molar-refractivity contribution in [3.63, 3.8) is 0 Å². The van der Waals surface area contributed by atoms with Gasteiger partial charge in [0.1, 0.15) is 17.3 Å². The fourth-order valence-electron chi connectivity index (χ4n) is 3.90. The summed E-state index contributed by atoms with van der Waals surface area (Å²) in [5, 5.41) is 8.60. The number of nitrogens with zero attached hydrogens (tertiary/aromatic N) is 6. The van der Waals surface area contributed by atoms with Gasteiger partial charge in [0.15, 0.2) is 0 Å². The zero-order valence-corrected chi connectivity index (χ0v) is 15.8. The van der Waals surface area contributed by atoms with Crippen LogP contribution in [0.1, 0.15) is 30.4 Å². The van der Waals surface area contributed by atoms with Crippen molar-refractivity contribution >= 4 is 16.7 Å². The highest BCUT2D eigenvalue weighted by molar-refractivity contribution is 5.77. The summed E-state index contributed by atoms with van der Waals surface area (Å²) in [7, 11) is 1.67. The molecule has 0 radical (unpaired) electrons. The normalized spacial score (nSPS) is 16.8. The molecule has 3 aromatic heterocycles. The maximum Gasteiger partial charge on any atom is 0.130 e. The minimum atomic E-state index is 0.162. The first-order valence-corrected chi connectivity index (χ1v) is 9.36. The van der Waals surface area contributed by atoms with E-state index in [2.05, 4.69) is 31.1 Å². The molecule has 4 aromatic rings. The smallest absolute Gasteiger partial charge is 0.130 e. The number of ether oxygens (including phenoxy) is 1. The quantitative estimate of drug-likeness (QED) is 0.590. The summed E-state index contributed by atoms with van der Waals surface area (Å²) in [6.45, 7) is 2.95. The third kappa shape index (κ3) is 2.77. The monoisotopic (exact) mass is 375 g/mol. The number of pyridine rings is 1. The number of anilines is 1. The van der Waals surface area contributed by atoms with Gasteiger partial charge in [-0.1, -0.05) is 0 Å². The summed E-state index contributed by atoms with van der Waals surface area (Å²) in [6.07, 6.45) is 7.32. The minimum Gasteiger partial charge on any atom is -0.497 e. The molecule has 0 saturated carbocycles. The van der Waals surface area contributed by atoms with Crippen LogP contribution in [-0.4, -0.2) is 43.6 Å². The molecule has 8 heteroatoms. The predicted octanol–water partition coefficient (Wildman–Crippen LogP) is 3.20. The maximum atomic E-state index is 5.34. The fraction of sp³-hybridized carbons (Fsp3) is 0.300. The van der Waals surface area contributed by atoms with Gasteiger partial charge in [-0.3, -0.25) is 4.98 Å². The molecule has 0 amide bonds. The molecule has 1 aromatic carbocycles. The summed E-state index contributed by atoms with van der Waals surface area (Å²) >= 11 is 0. The average Bonchev–Trinajstić information content (AvgIpc) is 3.46. The molecule has 5 rings (SSSR count). The third-order valence-electron chi connectivity index (χ3n) is 5.22. The Morgan fingerprint density at radius 2 is 2.00 bits per heavy atom. The maximum absolute atomic E-state index is 5.34. The zero-order valence-electron chi connectivity index (χ0n) is 15.8. The number of methoxy groups -OCH3 is 1. The Hall–Kier alpha value is -3.42. The van der Waals surface area contributed by atoms with E-state index in [9.17, 15) is 0 Å². The van der Waals surface area contributed by atoms with Crippen LogP contribution in [0.3, 0.4) is 0 Å². The van der Waals surface area contributed by atoms with Crippen molar-refractivity contribution in [1.82, 2.24) is 29.9 Å². The standard InChI is InChI=1S/C20H21N7O/c1-13-10-18(19(12-21-13)27-22-7-8-23-27)26-9-3-4-17(26)20-24-15-6-5-14(28-2)11-16(15)25-20/h5-8,10-12,17H,3-4,9H2,1-2H3,(H,24,25)/t17-/m0/s1. The lowest BCUT2D eigenvalue weighted by Gasteiger charge is -2.27. The number of rotatable bonds is 4. The summed E-state index contributed by atoms with van der Waals surface area (Å²) in [4.78, 5) is 16.8. The molecular formula is C20H21N7O. The van der Waals surface area contributed by atoms with Crippen molar-refractivity contribution in [2.75, 3.05) is 18.6 Å². The van der Waals surface area contributed by atoms with Crippen molar-refractivity contribution in [1.29, 1.82) is 0 Å². The summed E-state index contributed by atoms with van der Waals surface area (Å²) in [5.74, 6) is 1.79. The molecule has 0 spiro atoms. The van der Waals surface area contributed by atoms with Crippen molar-refractivity contribution in [3.8, 4) is 11.4 Å². The fourth-order valence-corrected chi connectivity index (χ4v) is 3.90. The molecule has 0 bridgehead atoms. The molecule has 1 N–H and O–H groups in total. The van der Waals surface area contributed by atoms with E-state index in [0.717, 1.165) is 59.1 Å². The number of nitrogens with one attached hydrogen (secondary N) is 1. The highest BCUT2D eigenvalue weighted by Gasteiger charge is 2.31. The number of hydrogen-bond donors (Lipinski definition) is 1. The van der Waals surface area contributed by atoms with E-state index in [1.165, 1.54) is 0 Å². The van der Waals surface area contributed by atoms with Gasteiger partial charge in [-0.2, -0.15) is 10.2 Å². The van der Waals surface area contributed by atoms with Crippen molar-refractivity contribution in [3.05, 3.63) is 54.4 Å². The van der Waals surface area contributed by atoms with E-state index in [-0.39, 0.29) is 6.04 Å². The Balaban J connectivity index is 1.57. The Morgan fingerprint density at radius 1 is 1.14 bits per heavy atom. The Labute approximate surface area is 162 Å². The molecule has 4 heterocycles. The van der Waals surface area contributed by atoms with E-state index in [1.54, 1.807) is 24.3 Å². The molecule has 1 atom stereocenters. The van der Waals surface area contributed by atoms with Crippen LogP contribution in [0.2, 0.25) is 0 Å². The number of hydrogen-bond acceptors (Lipinski definition) is 6. The Bertz CT molecular complexity index is 1120. The number of H-pyrrole nitrogens is 1. The zero-order chi connectivity index (χ0) is 19.1. The number of benzene rings is 1. The molecule has 0 unspecified atom stereocenters. The van der Waals surface area contributed by atoms with Crippen molar-refractivity contribution in [2.24, 2.45) is 0 Å². The number of aryl methyl sites for hydroxylation is 1. The first-order chi connectivity index (χ1) is 13.7. The molecule has 1 aliphatic heterocycles. The molecule has 0 aliphatic carbocycles. The van der Waals surface area contributed by atoms with Crippen LogP contribution in [0, 0.1) is 6.92 Å². The van der Waals surface area contributed by atoms with Crippen LogP contribution in [-0.2, 0) is 0 Å². The van der Waals surface area contributed by atoms with Gasteiger partial charge in [0.05, 0.1) is 48.5 Å². The third-order valence-corrected chi connectivity index (χ3v) is 5.22. The van der Waals surface area contributed by atoms with Gasteiger partial charge < -0.3 is 14.6 Å². The van der Waals surface area contributed by atoms with Crippen molar-refractivity contribution < 1.29 is 4.74 Å². The molecular weight excluding hydrogens is 354 g/mol. The van der Waals surface area contributed by atoms with Gasteiger partial charge in [0.25, 0.3) is 0 Å². The first-order valence-electron chi connectivity index (χ1n) is 9.36. The highest BCUT2D eigenvalue weighted by atomic mass is 16.5. The lowest BCUT2D eigenvalue weighted by molar-refractivity contribution is 0.415. The first kappa shape index (κ1) is 16.7. The van der Waals surface area contributed by atoms with Gasteiger partial charge in [-0.15, -0.1) is 4.80 Å². The average molecular weight is 375 g/mol. The lowest BCUT2D eigenvalue weighted by atomic mass is 10.2. The van der Waals surface area contributed by atoms with Crippen LogP contribution in [0.4, 0.5) is 5.69 Å². The second kappa shape index (κ2) is 6.63. The van der Waals surface area contributed by atoms with Crippen LogP contribution in [0.15, 0.2) is 42.9 Å². The van der Waals surface area contributed by atoms with Gasteiger partial charge in [-0.25, -0.2) is 4.98 Å². The van der Waals surface area contributed by atoms with Gasteiger partial charge in [0.2, 0.25) is 0 Å². The molecule has 1 saturated heterocycles. The molecule has 1 fully saturated rings. The largest absolute Gasteiger partial charge is 0.497 e. The predicted molar refractivity (Wildman–Crippen MR) is 106 cm³/mol. The number of aromatic amines is 1. The van der Waals surface area contributed by atoms with E-state index in [4.69, 9.17) is 9.72 Å². The van der Waals surface area contributed by atoms with Crippen LogP contribution in [0.5, 0.6) is 5.75 Å². The second-order valence-electron chi connectivity index (χ2n) is 6.99. The van der Waals surface area contributed by atoms with E-state index in [1.807, 2.05) is 31.3 Å². The molecule has 28 heavy (non-hydrogen) atoms. The van der Waals surface area contributed by atoms with E-state index in [0.29, 0.717) is 0 Å². The second-order valence-corrected chi connectivity index (χ2v) is 6.99. The summed E-state index contributed by atoms with van der Waals surface area (Å²) in [5.41, 5.74) is 4.85. The van der Waals surface area contributed by atoms with Gasteiger partial charge in [-0.05, 0) is 38.0 Å². The molecule has 1 aliphatic rings. The van der Waals surface area contributed by atoms with Crippen LogP contribution < -0.4 is 9.64 Å². The Kier molecular flexibility index (Phi) is 3.96. The lowest BCUT2D eigenvalue weighted by Crippen LogP contribution is -2.25. The van der Waals surface area contributed by atoms with Crippen molar-refractivity contribution in [2.45, 2.75) is 25.8 Å². The van der Waals surface area contributed by atoms with Gasteiger partial charge >= 0.3 is 0 Å². The number of imidazole rings is 1. The van der Waals surface area contributed by atoms with E-state index >= 15 is 0 Å². The summed E-state index contributed by atoms with van der Waals surface area (Å²) < 4.78 is 5.34. The van der Waals surface area contributed by atoms with E-state index < -0.39 is 0 Å². The van der Waals surface area contributed by atoms with Gasteiger partial charge in [0, 0.05) is 18.3 Å².